The lowest BCUT2D eigenvalue weighted by Gasteiger charge is -2.48. The second kappa shape index (κ2) is 12.0. The molecule has 0 aromatic heterocycles. The van der Waals surface area contributed by atoms with Crippen LogP contribution in [-0.2, 0) is 16.0 Å². The molecule has 0 atom stereocenters. The SMILES string of the molecule is COCCNC(=NCc1ccc([N+](=O)[O-])cc1)NCC1(N2CCOCC2)CCCCC1. The molecule has 9 heteroatoms. The van der Waals surface area contributed by atoms with Crippen molar-refractivity contribution >= 4 is 11.6 Å². The second-order valence-electron chi connectivity index (χ2n) is 8.25. The maximum absolute atomic E-state index is 10.9. The normalized spacial score (nSPS) is 19.7. The maximum Gasteiger partial charge on any atom is 0.269 e. The maximum atomic E-state index is 10.9. The Morgan fingerprint density at radius 2 is 1.90 bits per heavy atom. The molecule has 1 saturated carbocycles. The average molecular weight is 434 g/mol. The van der Waals surface area contributed by atoms with Gasteiger partial charge in [0, 0.05) is 51.0 Å². The van der Waals surface area contributed by atoms with Crippen LogP contribution in [0.1, 0.15) is 37.7 Å². The fourth-order valence-corrected chi connectivity index (χ4v) is 4.44. The first-order valence-electron chi connectivity index (χ1n) is 11.2. The van der Waals surface area contributed by atoms with E-state index in [2.05, 4.69) is 15.5 Å². The number of hydrogen-bond acceptors (Lipinski definition) is 6. The fraction of sp³-hybridized carbons (Fsp3) is 0.682. The van der Waals surface area contributed by atoms with Crippen LogP contribution in [0.2, 0.25) is 0 Å². The Kier molecular flexibility index (Phi) is 9.05. The highest BCUT2D eigenvalue weighted by molar-refractivity contribution is 5.79. The van der Waals surface area contributed by atoms with Crippen LogP contribution < -0.4 is 10.6 Å². The third-order valence-corrected chi connectivity index (χ3v) is 6.22. The predicted octanol–water partition coefficient (Wildman–Crippen LogP) is 2.31. The summed E-state index contributed by atoms with van der Waals surface area (Å²) in [7, 11) is 1.68. The Labute approximate surface area is 184 Å². The minimum absolute atomic E-state index is 0.0917. The van der Waals surface area contributed by atoms with Gasteiger partial charge in [0.1, 0.15) is 0 Å². The molecule has 31 heavy (non-hydrogen) atoms. The number of morpholine rings is 1. The Balaban J connectivity index is 1.66. The van der Waals surface area contributed by atoms with Crippen molar-refractivity contribution in [3.63, 3.8) is 0 Å². The molecule has 0 bridgehead atoms. The molecule has 0 radical (unpaired) electrons. The van der Waals surface area contributed by atoms with Crippen LogP contribution in [0.25, 0.3) is 0 Å². The molecule has 2 aliphatic rings. The van der Waals surface area contributed by atoms with Gasteiger partial charge in [-0.15, -0.1) is 0 Å². The monoisotopic (exact) mass is 433 g/mol. The smallest absolute Gasteiger partial charge is 0.269 e. The number of hydrogen-bond donors (Lipinski definition) is 2. The van der Waals surface area contributed by atoms with E-state index < -0.39 is 0 Å². The van der Waals surface area contributed by atoms with Crippen molar-refractivity contribution in [3.8, 4) is 0 Å². The molecular formula is C22H35N5O4. The molecule has 1 aliphatic heterocycles. The van der Waals surface area contributed by atoms with E-state index in [-0.39, 0.29) is 16.1 Å². The van der Waals surface area contributed by atoms with Gasteiger partial charge >= 0.3 is 0 Å². The quantitative estimate of drug-likeness (QED) is 0.203. The van der Waals surface area contributed by atoms with E-state index in [4.69, 9.17) is 14.5 Å². The van der Waals surface area contributed by atoms with Crippen LogP contribution in [0.4, 0.5) is 5.69 Å². The zero-order chi connectivity index (χ0) is 21.9. The van der Waals surface area contributed by atoms with Crippen molar-refractivity contribution in [2.24, 2.45) is 4.99 Å². The van der Waals surface area contributed by atoms with Crippen molar-refractivity contribution in [2.75, 3.05) is 53.1 Å². The van der Waals surface area contributed by atoms with Gasteiger partial charge in [-0.25, -0.2) is 4.99 Å². The van der Waals surface area contributed by atoms with Gasteiger partial charge in [0.05, 0.1) is 31.3 Å². The first-order valence-corrected chi connectivity index (χ1v) is 11.2. The van der Waals surface area contributed by atoms with Gasteiger partial charge in [-0.2, -0.15) is 0 Å². The van der Waals surface area contributed by atoms with E-state index in [0.717, 1.165) is 44.4 Å². The van der Waals surface area contributed by atoms with Gasteiger partial charge in [-0.1, -0.05) is 31.4 Å². The summed E-state index contributed by atoms with van der Waals surface area (Å²) in [5.74, 6) is 0.744. The van der Waals surface area contributed by atoms with Crippen LogP contribution in [0.3, 0.4) is 0 Å². The van der Waals surface area contributed by atoms with E-state index in [1.165, 1.54) is 44.2 Å². The highest BCUT2D eigenvalue weighted by Gasteiger charge is 2.38. The first kappa shape index (κ1) is 23.4. The molecule has 1 heterocycles. The third kappa shape index (κ3) is 6.88. The number of guanidine groups is 1. The highest BCUT2D eigenvalue weighted by Crippen LogP contribution is 2.33. The summed E-state index contributed by atoms with van der Waals surface area (Å²) >= 11 is 0. The van der Waals surface area contributed by atoms with Crippen LogP contribution in [0.5, 0.6) is 0 Å². The van der Waals surface area contributed by atoms with Crippen LogP contribution in [0, 0.1) is 10.1 Å². The zero-order valence-electron chi connectivity index (χ0n) is 18.5. The predicted molar refractivity (Wildman–Crippen MR) is 120 cm³/mol. The molecule has 172 valence electrons. The number of benzene rings is 1. The van der Waals surface area contributed by atoms with E-state index >= 15 is 0 Å². The molecule has 2 fully saturated rings. The van der Waals surface area contributed by atoms with Crippen molar-refractivity contribution in [1.82, 2.24) is 15.5 Å². The standard InChI is InChI=1S/C22H35N5O4/c1-30-14-11-23-21(24-17-19-5-7-20(8-6-19)27(28)29)25-18-22(9-3-2-4-10-22)26-12-15-31-16-13-26/h5-8H,2-4,9-18H2,1H3,(H2,23,24,25). The summed E-state index contributed by atoms with van der Waals surface area (Å²) in [5, 5.41) is 17.8. The molecule has 2 N–H and O–H groups in total. The van der Waals surface area contributed by atoms with Crippen LogP contribution >= 0.6 is 0 Å². The molecule has 1 aromatic carbocycles. The molecule has 9 nitrogen and oxygen atoms in total. The average Bonchev–Trinajstić information content (AvgIpc) is 2.82. The summed E-state index contributed by atoms with van der Waals surface area (Å²) < 4.78 is 10.8. The van der Waals surface area contributed by atoms with Crippen molar-refractivity contribution in [3.05, 3.63) is 39.9 Å². The van der Waals surface area contributed by atoms with Crippen LogP contribution in [0.15, 0.2) is 29.3 Å². The van der Waals surface area contributed by atoms with Crippen molar-refractivity contribution in [1.29, 1.82) is 0 Å². The molecule has 0 spiro atoms. The summed E-state index contributed by atoms with van der Waals surface area (Å²) in [6.45, 7) is 6.10. The number of ether oxygens (including phenoxy) is 2. The Morgan fingerprint density at radius 3 is 2.55 bits per heavy atom. The van der Waals surface area contributed by atoms with E-state index in [9.17, 15) is 10.1 Å². The second-order valence-corrected chi connectivity index (χ2v) is 8.25. The molecule has 1 aromatic rings. The van der Waals surface area contributed by atoms with Crippen molar-refractivity contribution in [2.45, 2.75) is 44.2 Å². The number of nitrogens with zero attached hydrogens (tertiary/aromatic N) is 3. The van der Waals surface area contributed by atoms with Gasteiger partial charge < -0.3 is 20.1 Å². The Bertz CT molecular complexity index is 713. The summed E-state index contributed by atoms with van der Waals surface area (Å²) in [5.41, 5.74) is 1.16. The largest absolute Gasteiger partial charge is 0.383 e. The Hall–Kier alpha value is -2.23. The minimum atomic E-state index is -0.387. The number of methoxy groups -OCH3 is 1. The topological polar surface area (TPSA) is 101 Å². The zero-order valence-corrected chi connectivity index (χ0v) is 18.5. The number of nitro benzene ring substituents is 1. The Morgan fingerprint density at radius 1 is 1.19 bits per heavy atom. The number of aliphatic imine (C=N–C) groups is 1. The highest BCUT2D eigenvalue weighted by atomic mass is 16.6. The number of non-ortho nitro benzene ring substituents is 1. The first-order chi connectivity index (χ1) is 15.1. The number of nitrogens with one attached hydrogen (secondary N) is 2. The van der Waals surface area contributed by atoms with E-state index in [1.807, 2.05) is 0 Å². The van der Waals surface area contributed by atoms with Gasteiger partial charge in [-0.05, 0) is 18.4 Å². The van der Waals surface area contributed by atoms with E-state index in [1.54, 1.807) is 19.2 Å². The lowest BCUT2D eigenvalue weighted by molar-refractivity contribution is -0.384. The molecule has 0 unspecified atom stereocenters. The van der Waals surface area contributed by atoms with Gasteiger partial charge in [0.2, 0.25) is 0 Å². The molecule has 0 amide bonds. The van der Waals surface area contributed by atoms with Crippen molar-refractivity contribution < 1.29 is 14.4 Å². The van der Waals surface area contributed by atoms with Gasteiger partial charge in [0.25, 0.3) is 5.69 Å². The molecule has 3 rings (SSSR count). The lowest BCUT2D eigenvalue weighted by Crippen LogP contribution is -2.60. The summed E-state index contributed by atoms with van der Waals surface area (Å²) in [6, 6.07) is 6.55. The van der Waals surface area contributed by atoms with Crippen LogP contribution in [-0.4, -0.2) is 74.4 Å². The molecular weight excluding hydrogens is 398 g/mol. The van der Waals surface area contributed by atoms with E-state index in [0.29, 0.717) is 19.7 Å². The number of nitro groups is 1. The minimum Gasteiger partial charge on any atom is -0.383 e. The third-order valence-electron chi connectivity index (χ3n) is 6.22. The molecule has 1 aliphatic carbocycles. The summed E-state index contributed by atoms with van der Waals surface area (Å²) in [4.78, 5) is 17.8. The lowest BCUT2D eigenvalue weighted by atomic mass is 9.80. The summed E-state index contributed by atoms with van der Waals surface area (Å²) in [6.07, 6.45) is 6.19. The van der Waals surface area contributed by atoms with Gasteiger partial charge in [0.15, 0.2) is 5.96 Å². The number of rotatable bonds is 9. The fourth-order valence-electron chi connectivity index (χ4n) is 4.44. The molecule has 1 saturated heterocycles. The van der Waals surface area contributed by atoms with Gasteiger partial charge in [-0.3, -0.25) is 15.0 Å².